The molecule has 2 aliphatic heterocycles. The molecule has 2 aliphatic rings. The molecule has 2 amide bonds. The van der Waals surface area contributed by atoms with E-state index >= 15 is 0 Å². The molecule has 0 unspecified atom stereocenters. The van der Waals surface area contributed by atoms with E-state index in [9.17, 15) is 14.0 Å². The Hall–Kier alpha value is -2.69. The lowest BCUT2D eigenvalue weighted by molar-refractivity contribution is -0.132. The third-order valence-corrected chi connectivity index (χ3v) is 6.42. The number of hydrogen-bond donors (Lipinski definition) is 0. The van der Waals surface area contributed by atoms with Crippen molar-refractivity contribution in [2.24, 2.45) is 11.8 Å². The summed E-state index contributed by atoms with van der Waals surface area (Å²) in [7, 11) is 0. The number of carbonyl (C=O) groups is 2. The molecule has 0 saturated carbocycles. The summed E-state index contributed by atoms with van der Waals surface area (Å²) in [4.78, 5) is 29.5. The summed E-state index contributed by atoms with van der Waals surface area (Å²) in [6, 6.07) is 14.3. The van der Waals surface area contributed by atoms with Crippen LogP contribution in [0.3, 0.4) is 0 Å². The predicted molar refractivity (Wildman–Crippen MR) is 110 cm³/mol. The topological polar surface area (TPSA) is 40.6 Å². The molecule has 2 fully saturated rings. The zero-order chi connectivity index (χ0) is 20.5. The fraction of sp³-hybridized carbons (Fsp3) is 0.417. The Morgan fingerprint density at radius 2 is 1.72 bits per heavy atom. The van der Waals surface area contributed by atoms with Gasteiger partial charge in [-0.1, -0.05) is 43.3 Å². The normalized spacial score (nSPS) is 23.3. The van der Waals surface area contributed by atoms with Crippen molar-refractivity contribution in [3.8, 4) is 0 Å². The molecule has 4 nitrogen and oxygen atoms in total. The average molecular weight is 394 g/mol. The minimum Gasteiger partial charge on any atom is -0.342 e. The number of benzene rings is 2. The summed E-state index contributed by atoms with van der Waals surface area (Å²) in [5.41, 5.74) is 3.15. The molecule has 29 heavy (non-hydrogen) atoms. The highest BCUT2D eigenvalue weighted by Crippen LogP contribution is 2.46. The number of amides is 2. The van der Waals surface area contributed by atoms with E-state index in [1.165, 1.54) is 17.7 Å². The maximum absolute atomic E-state index is 13.2. The van der Waals surface area contributed by atoms with Gasteiger partial charge in [0.2, 0.25) is 11.8 Å². The van der Waals surface area contributed by atoms with E-state index in [1.54, 1.807) is 12.1 Å². The largest absolute Gasteiger partial charge is 0.342 e. The molecule has 0 bridgehead atoms. The predicted octanol–water partition coefficient (Wildman–Crippen LogP) is 3.74. The maximum atomic E-state index is 13.2. The van der Waals surface area contributed by atoms with E-state index in [4.69, 9.17) is 0 Å². The van der Waals surface area contributed by atoms with Crippen molar-refractivity contribution in [3.05, 3.63) is 71.0 Å². The van der Waals surface area contributed by atoms with Crippen molar-refractivity contribution in [2.75, 3.05) is 19.6 Å². The quantitative estimate of drug-likeness (QED) is 0.793. The van der Waals surface area contributed by atoms with Crippen molar-refractivity contribution in [2.45, 2.75) is 32.7 Å². The smallest absolute Gasteiger partial charge is 0.227 e. The molecule has 0 radical (unpaired) electrons. The Morgan fingerprint density at radius 1 is 1.00 bits per heavy atom. The van der Waals surface area contributed by atoms with Crippen molar-refractivity contribution < 1.29 is 14.0 Å². The molecule has 2 aromatic carbocycles. The van der Waals surface area contributed by atoms with Crippen molar-refractivity contribution in [1.29, 1.82) is 0 Å². The molecule has 2 saturated heterocycles. The summed E-state index contributed by atoms with van der Waals surface area (Å²) in [6.07, 6.45) is 0.779. The zero-order valence-electron chi connectivity index (χ0n) is 17.0. The lowest BCUT2D eigenvalue weighted by atomic mass is 9.87. The van der Waals surface area contributed by atoms with Crippen molar-refractivity contribution >= 4 is 11.8 Å². The van der Waals surface area contributed by atoms with Crippen LogP contribution in [0.5, 0.6) is 0 Å². The first-order chi connectivity index (χ1) is 14.0. The number of aryl methyl sites for hydroxylation is 1. The first kappa shape index (κ1) is 19.6. The Morgan fingerprint density at radius 3 is 2.41 bits per heavy atom. The summed E-state index contributed by atoms with van der Waals surface area (Å²) in [5.74, 6) is 0.506. The van der Waals surface area contributed by atoms with Gasteiger partial charge in [-0.2, -0.15) is 0 Å². The van der Waals surface area contributed by atoms with Gasteiger partial charge in [0.15, 0.2) is 0 Å². The number of likely N-dealkylation sites (tertiary alicyclic amines) is 2. The number of hydrogen-bond acceptors (Lipinski definition) is 2. The molecule has 152 valence electrons. The van der Waals surface area contributed by atoms with Gasteiger partial charge in [0, 0.05) is 37.9 Å². The highest BCUT2D eigenvalue weighted by atomic mass is 19.1. The van der Waals surface area contributed by atoms with Crippen LogP contribution in [0.4, 0.5) is 4.39 Å². The van der Waals surface area contributed by atoms with E-state index in [0.29, 0.717) is 25.4 Å². The third kappa shape index (κ3) is 3.78. The van der Waals surface area contributed by atoms with Gasteiger partial charge in [-0.05, 0) is 35.7 Å². The van der Waals surface area contributed by atoms with Crippen molar-refractivity contribution in [1.82, 2.24) is 9.80 Å². The lowest BCUT2D eigenvalue weighted by Gasteiger charge is -2.31. The molecular weight excluding hydrogens is 367 g/mol. The monoisotopic (exact) mass is 394 g/mol. The Kier molecular flexibility index (Phi) is 5.39. The molecule has 0 spiro atoms. The van der Waals surface area contributed by atoms with Crippen LogP contribution in [0.2, 0.25) is 0 Å². The lowest BCUT2D eigenvalue weighted by Crippen LogP contribution is -2.38. The maximum Gasteiger partial charge on any atom is 0.227 e. The molecule has 0 aromatic heterocycles. The Labute approximate surface area is 171 Å². The van der Waals surface area contributed by atoms with E-state index in [0.717, 1.165) is 17.7 Å². The second-order valence-electron chi connectivity index (χ2n) is 8.23. The van der Waals surface area contributed by atoms with Crippen LogP contribution in [-0.4, -0.2) is 41.2 Å². The second-order valence-corrected chi connectivity index (χ2v) is 8.23. The highest BCUT2D eigenvalue weighted by Gasteiger charge is 2.49. The molecule has 0 aliphatic carbocycles. The van der Waals surface area contributed by atoms with Crippen LogP contribution in [0.1, 0.15) is 36.1 Å². The van der Waals surface area contributed by atoms with Gasteiger partial charge in [0.05, 0.1) is 12.5 Å². The highest BCUT2D eigenvalue weighted by molar-refractivity contribution is 5.80. The molecule has 5 heteroatoms. The fourth-order valence-corrected chi connectivity index (χ4v) is 4.92. The van der Waals surface area contributed by atoms with Crippen LogP contribution >= 0.6 is 0 Å². The van der Waals surface area contributed by atoms with Crippen LogP contribution < -0.4 is 0 Å². The standard InChI is InChI=1S/C24H27FN2O2/c1-3-22(28)26-13-18-14-27(23(29)12-17-8-10-19(25)11-9-17)24(21(18)15-26)20-7-5-4-6-16(20)2/h4-11,18,21,24H,3,12-15H2,1-2H3/t18-,21-,24+/m0/s1. The molecule has 2 aromatic rings. The summed E-state index contributed by atoms with van der Waals surface area (Å²) in [6.45, 7) is 6.07. The average Bonchev–Trinajstić information content (AvgIpc) is 3.28. The summed E-state index contributed by atoms with van der Waals surface area (Å²) in [5, 5.41) is 0. The van der Waals surface area contributed by atoms with Gasteiger partial charge in [0.1, 0.15) is 5.82 Å². The number of carbonyl (C=O) groups excluding carboxylic acids is 2. The van der Waals surface area contributed by atoms with E-state index in [1.807, 2.05) is 28.9 Å². The summed E-state index contributed by atoms with van der Waals surface area (Å²) >= 11 is 0. The van der Waals surface area contributed by atoms with Gasteiger partial charge in [-0.3, -0.25) is 9.59 Å². The minimum atomic E-state index is -0.296. The Balaban J connectivity index is 1.61. The first-order valence-electron chi connectivity index (χ1n) is 10.3. The number of fused-ring (bicyclic) bond motifs is 1. The van der Waals surface area contributed by atoms with Gasteiger partial charge >= 0.3 is 0 Å². The number of rotatable bonds is 4. The van der Waals surface area contributed by atoms with Crippen LogP contribution in [0.15, 0.2) is 48.5 Å². The first-order valence-corrected chi connectivity index (χ1v) is 10.3. The van der Waals surface area contributed by atoms with Gasteiger partial charge < -0.3 is 9.80 Å². The van der Waals surface area contributed by atoms with Crippen LogP contribution in [-0.2, 0) is 16.0 Å². The molecular formula is C24H27FN2O2. The molecule has 3 atom stereocenters. The second kappa shape index (κ2) is 7.97. The van der Waals surface area contributed by atoms with E-state index in [-0.39, 0.29) is 36.0 Å². The van der Waals surface area contributed by atoms with Gasteiger partial charge in [0.25, 0.3) is 0 Å². The molecule has 0 N–H and O–H groups in total. The van der Waals surface area contributed by atoms with Gasteiger partial charge in [-0.25, -0.2) is 4.39 Å². The SMILES string of the molecule is CCC(=O)N1C[C@H]2CN(C(=O)Cc3ccc(F)cc3)[C@H](c3ccccc3C)[C@H]2C1. The number of halogens is 1. The third-order valence-electron chi connectivity index (χ3n) is 6.42. The van der Waals surface area contributed by atoms with E-state index in [2.05, 4.69) is 19.1 Å². The van der Waals surface area contributed by atoms with Crippen LogP contribution in [0.25, 0.3) is 0 Å². The zero-order valence-corrected chi connectivity index (χ0v) is 17.0. The van der Waals surface area contributed by atoms with E-state index < -0.39 is 0 Å². The summed E-state index contributed by atoms with van der Waals surface area (Å²) < 4.78 is 13.2. The Bertz CT molecular complexity index is 911. The molecule has 2 heterocycles. The molecule has 4 rings (SSSR count). The van der Waals surface area contributed by atoms with Gasteiger partial charge in [-0.15, -0.1) is 0 Å². The van der Waals surface area contributed by atoms with Crippen molar-refractivity contribution in [3.63, 3.8) is 0 Å². The minimum absolute atomic E-state index is 0.0243. The fourth-order valence-electron chi connectivity index (χ4n) is 4.92. The number of nitrogens with zero attached hydrogens (tertiary/aromatic N) is 2. The van der Waals surface area contributed by atoms with Crippen LogP contribution in [0, 0.1) is 24.6 Å².